The van der Waals surface area contributed by atoms with Gasteiger partial charge in [0.25, 0.3) is 0 Å². The summed E-state index contributed by atoms with van der Waals surface area (Å²) in [5.74, 6) is -0.125. The van der Waals surface area contributed by atoms with E-state index in [1.54, 1.807) is 0 Å². The summed E-state index contributed by atoms with van der Waals surface area (Å²) < 4.78 is 5.01. The van der Waals surface area contributed by atoms with E-state index < -0.39 is 0 Å². The van der Waals surface area contributed by atoms with Crippen molar-refractivity contribution in [1.82, 2.24) is 5.32 Å². The smallest absolute Gasteiger partial charge is 0.379 e. The number of rotatable bonds is 2. The molecule has 0 amide bonds. The van der Waals surface area contributed by atoms with Crippen LogP contribution in [0.1, 0.15) is 20.3 Å². The van der Waals surface area contributed by atoms with Gasteiger partial charge in [-0.2, -0.15) is 0 Å². The van der Waals surface area contributed by atoms with E-state index in [2.05, 4.69) is 5.32 Å². The van der Waals surface area contributed by atoms with E-state index in [4.69, 9.17) is 4.74 Å². The zero-order valence-electron chi connectivity index (χ0n) is 8.61. The van der Waals surface area contributed by atoms with E-state index in [-0.39, 0.29) is 37.5 Å². The molecule has 0 bridgehead atoms. The molecule has 1 N–H and O–H groups in total. The van der Waals surface area contributed by atoms with E-state index in [1.165, 1.54) is 13.8 Å². The van der Waals surface area contributed by atoms with E-state index in [0.29, 0.717) is 0 Å². The Balaban J connectivity index is 0. The molecule has 1 saturated heterocycles. The molecule has 1 aliphatic heterocycles. The van der Waals surface area contributed by atoms with E-state index in [9.17, 15) is 9.59 Å². The van der Waals surface area contributed by atoms with Crippen molar-refractivity contribution < 1.29 is 33.8 Å². The van der Waals surface area contributed by atoms with Crippen LogP contribution in [0.5, 0.6) is 0 Å². The average Bonchev–Trinajstić information content (AvgIpc) is 2.06. The van der Waals surface area contributed by atoms with Gasteiger partial charge in [0, 0.05) is 13.1 Å². The van der Waals surface area contributed by atoms with Crippen LogP contribution in [-0.4, -0.2) is 37.9 Å². The van der Waals surface area contributed by atoms with Gasteiger partial charge < -0.3 is 10.1 Å². The molecule has 0 unspecified atom stereocenters. The zero-order valence-corrected chi connectivity index (χ0v) is 10.4. The third kappa shape index (κ3) is 14.4. The second kappa shape index (κ2) is 11.0. The predicted molar refractivity (Wildman–Crippen MR) is 49.7 cm³/mol. The number of ether oxygens (including phenoxy) is 1. The number of hydrogen-bond acceptors (Lipinski definition) is 4. The molecule has 5 heteroatoms. The molecule has 1 rings (SSSR count). The minimum atomic E-state index is -0.0625. The number of Topliss-reactive ketones (excluding diaryl/α,β-unsaturated/α-hetero) is 2. The Morgan fingerprint density at radius 3 is 1.64 bits per heavy atom. The molecule has 0 spiro atoms. The van der Waals surface area contributed by atoms with Crippen LogP contribution in [0, 0.1) is 0 Å². The maximum atomic E-state index is 10.0. The topological polar surface area (TPSA) is 55.4 Å². The monoisotopic (exact) mass is 289 g/mol. The summed E-state index contributed by atoms with van der Waals surface area (Å²) in [7, 11) is 0. The van der Waals surface area contributed by atoms with Crippen LogP contribution in [0.15, 0.2) is 0 Å². The first-order valence-corrected chi connectivity index (χ1v) is 4.40. The Morgan fingerprint density at radius 1 is 1.14 bits per heavy atom. The molecule has 1 aliphatic rings. The largest absolute Gasteiger partial charge is 3.00 e. The van der Waals surface area contributed by atoms with Gasteiger partial charge in [-0.15, -0.1) is 0 Å². The maximum Gasteiger partial charge on any atom is 3.00 e. The number of carbonyl (C=O) groups is 2. The predicted octanol–water partition coefficient (Wildman–Crippen LogP) is 0.158. The van der Waals surface area contributed by atoms with Crippen LogP contribution in [0.2, 0.25) is 0 Å². The molecule has 1 radical (unpaired) electrons. The van der Waals surface area contributed by atoms with Gasteiger partial charge in [-0.1, -0.05) is 0 Å². The summed E-state index contributed by atoms with van der Waals surface area (Å²) in [6, 6.07) is 0. The quantitative estimate of drug-likeness (QED) is 0.581. The summed E-state index contributed by atoms with van der Waals surface area (Å²) >= 11 is 0. The average molecular weight is 288 g/mol. The first-order chi connectivity index (χ1) is 6.13. The van der Waals surface area contributed by atoms with Crippen molar-refractivity contribution in [3.05, 3.63) is 0 Å². The Bertz CT molecular complexity index is 146. The molecular formula is C9H17NO3Ru+3. The molecule has 0 aromatic rings. The molecule has 0 aromatic heterocycles. The first-order valence-electron chi connectivity index (χ1n) is 4.40. The van der Waals surface area contributed by atoms with Crippen LogP contribution in [0.25, 0.3) is 0 Å². The molecule has 1 fully saturated rings. The number of carbonyl (C=O) groups excluding carboxylic acids is 2. The molecule has 1 heterocycles. The van der Waals surface area contributed by atoms with Crippen LogP contribution in [0.3, 0.4) is 0 Å². The van der Waals surface area contributed by atoms with Gasteiger partial charge in [0.15, 0.2) is 0 Å². The molecule has 14 heavy (non-hydrogen) atoms. The molecule has 0 atom stereocenters. The van der Waals surface area contributed by atoms with Crippen molar-refractivity contribution in [3.8, 4) is 0 Å². The minimum Gasteiger partial charge on any atom is -0.379 e. The van der Waals surface area contributed by atoms with Crippen LogP contribution < -0.4 is 5.32 Å². The molecule has 0 aromatic carbocycles. The van der Waals surface area contributed by atoms with Crippen LogP contribution in [-0.2, 0) is 33.8 Å². The third-order valence-corrected chi connectivity index (χ3v) is 1.34. The van der Waals surface area contributed by atoms with Gasteiger partial charge in [0.2, 0.25) is 0 Å². The minimum absolute atomic E-state index is 0. The fraction of sp³-hybridized carbons (Fsp3) is 0.778. The second-order valence-electron chi connectivity index (χ2n) is 2.94. The van der Waals surface area contributed by atoms with Crippen molar-refractivity contribution >= 4 is 11.6 Å². The third-order valence-electron chi connectivity index (χ3n) is 1.34. The van der Waals surface area contributed by atoms with Crippen molar-refractivity contribution in [3.63, 3.8) is 0 Å². The Morgan fingerprint density at radius 2 is 1.57 bits per heavy atom. The fourth-order valence-corrected chi connectivity index (χ4v) is 0.866. The van der Waals surface area contributed by atoms with Crippen molar-refractivity contribution in [2.45, 2.75) is 20.3 Å². The number of hydrogen-bond donors (Lipinski definition) is 1. The summed E-state index contributed by atoms with van der Waals surface area (Å²) in [5, 5.41) is 3.16. The summed E-state index contributed by atoms with van der Waals surface area (Å²) in [4.78, 5) is 20.1. The zero-order chi connectivity index (χ0) is 10.1. The normalized spacial score (nSPS) is 14.4. The van der Waals surface area contributed by atoms with Gasteiger partial charge in [0.1, 0.15) is 11.6 Å². The number of ketones is 2. The summed E-state index contributed by atoms with van der Waals surface area (Å²) in [6.07, 6.45) is 0.0833. The molecular weight excluding hydrogens is 271 g/mol. The number of nitrogens with one attached hydrogen (secondary N) is 1. The number of morpholine rings is 1. The van der Waals surface area contributed by atoms with Crippen molar-refractivity contribution in [1.29, 1.82) is 0 Å². The SMILES string of the molecule is C1COCCN1.CC(=O)CC(C)=O.[Ru+3]. The van der Waals surface area contributed by atoms with Gasteiger partial charge >= 0.3 is 19.5 Å². The Hall–Kier alpha value is -0.117. The maximum absolute atomic E-state index is 10.0. The second-order valence-corrected chi connectivity index (χ2v) is 2.94. The van der Waals surface area contributed by atoms with E-state index in [1.807, 2.05) is 0 Å². The standard InChI is InChI=1S/C5H8O2.C4H9NO.Ru/c1-4(6)3-5(2)7;1-3-6-4-2-5-1;/h3H2,1-2H3;5H,1-4H2;/q;;+3. The van der Waals surface area contributed by atoms with Crippen LogP contribution in [0.4, 0.5) is 0 Å². The van der Waals surface area contributed by atoms with E-state index in [0.717, 1.165) is 26.3 Å². The Kier molecular flexibility index (Phi) is 12.8. The first kappa shape index (κ1) is 16.3. The Labute approximate surface area is 97.5 Å². The van der Waals surface area contributed by atoms with Crippen molar-refractivity contribution in [2.24, 2.45) is 0 Å². The van der Waals surface area contributed by atoms with Gasteiger partial charge in [0.05, 0.1) is 19.6 Å². The fourth-order valence-electron chi connectivity index (χ4n) is 0.866. The van der Waals surface area contributed by atoms with Gasteiger partial charge in [-0.05, 0) is 13.8 Å². The summed E-state index contributed by atoms with van der Waals surface area (Å²) in [5.41, 5.74) is 0. The van der Waals surface area contributed by atoms with Crippen molar-refractivity contribution in [2.75, 3.05) is 26.3 Å². The molecule has 0 aliphatic carbocycles. The summed E-state index contributed by atoms with van der Waals surface area (Å²) in [6.45, 7) is 6.64. The van der Waals surface area contributed by atoms with Gasteiger partial charge in [-0.3, -0.25) is 9.59 Å². The van der Waals surface area contributed by atoms with Gasteiger partial charge in [-0.25, -0.2) is 0 Å². The molecule has 0 saturated carbocycles. The molecule has 4 nitrogen and oxygen atoms in total. The molecule has 81 valence electrons. The van der Waals surface area contributed by atoms with Crippen LogP contribution >= 0.6 is 0 Å². The van der Waals surface area contributed by atoms with E-state index >= 15 is 0 Å².